The van der Waals surface area contributed by atoms with Gasteiger partial charge < -0.3 is 4.74 Å². The van der Waals surface area contributed by atoms with Crippen molar-refractivity contribution >= 4 is 28.2 Å². The van der Waals surface area contributed by atoms with E-state index in [9.17, 15) is 13.2 Å². The SMILES string of the molecule is CC#CCOc1ccc(S(=O)(=O)C(NC(C)C(=O)NO)c2cccnc2)cc1.Cl. The molecule has 10 heteroatoms. The number of hydrogen-bond donors (Lipinski definition) is 3. The smallest absolute Gasteiger partial charge is 0.260 e. The van der Waals surface area contributed by atoms with Gasteiger partial charge in [0, 0.05) is 18.0 Å². The van der Waals surface area contributed by atoms with Crippen LogP contribution >= 0.6 is 12.4 Å². The fraction of sp³-hybridized carbons (Fsp3) is 0.263. The summed E-state index contributed by atoms with van der Waals surface area (Å²) in [6.07, 6.45) is 2.92. The Labute approximate surface area is 176 Å². The first kappa shape index (κ1) is 24.4. The van der Waals surface area contributed by atoms with Crippen LogP contribution in [0.4, 0.5) is 0 Å². The Balaban J connectivity index is 0.00000420. The molecule has 156 valence electrons. The van der Waals surface area contributed by atoms with E-state index in [2.05, 4.69) is 22.1 Å². The monoisotopic (exact) mass is 439 g/mol. The van der Waals surface area contributed by atoms with Gasteiger partial charge in [-0.3, -0.25) is 20.3 Å². The van der Waals surface area contributed by atoms with E-state index in [-0.39, 0.29) is 23.9 Å². The molecule has 0 bridgehead atoms. The van der Waals surface area contributed by atoms with Crippen molar-refractivity contribution in [2.24, 2.45) is 0 Å². The number of rotatable bonds is 8. The minimum absolute atomic E-state index is 0. The summed E-state index contributed by atoms with van der Waals surface area (Å²) in [4.78, 5) is 15.6. The van der Waals surface area contributed by atoms with Crippen LogP contribution in [0.2, 0.25) is 0 Å². The number of hydrogen-bond acceptors (Lipinski definition) is 7. The number of hydroxylamine groups is 1. The molecule has 1 aromatic heterocycles. The van der Waals surface area contributed by atoms with Crippen LogP contribution in [0.15, 0.2) is 53.7 Å². The highest BCUT2D eigenvalue weighted by atomic mass is 35.5. The number of sulfone groups is 1. The van der Waals surface area contributed by atoms with Crippen molar-refractivity contribution in [3.8, 4) is 17.6 Å². The quantitative estimate of drug-likeness (QED) is 0.326. The third-order valence-corrected chi connectivity index (χ3v) is 5.80. The lowest BCUT2D eigenvalue weighted by atomic mass is 10.2. The average molecular weight is 440 g/mol. The molecule has 0 radical (unpaired) electrons. The van der Waals surface area contributed by atoms with Crippen LogP contribution in [0.25, 0.3) is 0 Å². The number of benzene rings is 1. The maximum atomic E-state index is 13.2. The van der Waals surface area contributed by atoms with E-state index >= 15 is 0 Å². The molecule has 1 heterocycles. The molecular weight excluding hydrogens is 418 g/mol. The van der Waals surface area contributed by atoms with Crippen molar-refractivity contribution in [3.63, 3.8) is 0 Å². The van der Waals surface area contributed by atoms with E-state index in [1.807, 2.05) is 0 Å². The predicted molar refractivity (Wildman–Crippen MR) is 109 cm³/mol. The molecule has 1 aromatic carbocycles. The van der Waals surface area contributed by atoms with Crippen LogP contribution in [0.1, 0.15) is 24.8 Å². The molecule has 2 aromatic rings. The second kappa shape index (κ2) is 11.4. The molecule has 0 spiro atoms. The van der Waals surface area contributed by atoms with Crippen LogP contribution in [0.5, 0.6) is 5.75 Å². The van der Waals surface area contributed by atoms with Crippen molar-refractivity contribution in [3.05, 3.63) is 54.4 Å². The van der Waals surface area contributed by atoms with Crippen molar-refractivity contribution in [1.82, 2.24) is 15.8 Å². The van der Waals surface area contributed by atoms with Gasteiger partial charge in [-0.05, 0) is 44.2 Å². The maximum Gasteiger partial charge on any atom is 0.260 e. The fourth-order valence-electron chi connectivity index (χ4n) is 2.35. The molecule has 2 rings (SSSR count). The maximum absolute atomic E-state index is 13.2. The number of ether oxygens (including phenoxy) is 1. The van der Waals surface area contributed by atoms with Crippen molar-refractivity contribution < 1.29 is 23.2 Å². The van der Waals surface area contributed by atoms with Gasteiger partial charge in [0.05, 0.1) is 10.9 Å². The van der Waals surface area contributed by atoms with Crippen LogP contribution < -0.4 is 15.5 Å². The van der Waals surface area contributed by atoms with E-state index in [4.69, 9.17) is 9.94 Å². The van der Waals surface area contributed by atoms with Gasteiger partial charge in [-0.15, -0.1) is 18.3 Å². The van der Waals surface area contributed by atoms with Gasteiger partial charge in [-0.1, -0.05) is 12.0 Å². The van der Waals surface area contributed by atoms with Crippen molar-refractivity contribution in [2.75, 3.05) is 6.61 Å². The number of carbonyl (C=O) groups excluding carboxylic acids is 1. The zero-order chi connectivity index (χ0) is 20.6. The molecule has 2 atom stereocenters. The highest BCUT2D eigenvalue weighted by Gasteiger charge is 2.32. The molecule has 0 aliphatic carbocycles. The minimum atomic E-state index is -3.93. The summed E-state index contributed by atoms with van der Waals surface area (Å²) < 4.78 is 31.8. The van der Waals surface area contributed by atoms with Gasteiger partial charge in [-0.2, -0.15) is 0 Å². The highest BCUT2D eigenvalue weighted by molar-refractivity contribution is 7.91. The Hall–Kier alpha value is -2.64. The van der Waals surface area contributed by atoms with E-state index in [1.165, 1.54) is 49.1 Å². The summed E-state index contributed by atoms with van der Waals surface area (Å²) in [5.41, 5.74) is 1.86. The van der Waals surface area contributed by atoms with Crippen molar-refractivity contribution in [1.29, 1.82) is 0 Å². The average Bonchev–Trinajstić information content (AvgIpc) is 2.72. The summed E-state index contributed by atoms with van der Waals surface area (Å²) in [5, 5.41) is 10.3. The number of halogens is 1. The Morgan fingerprint density at radius 3 is 2.52 bits per heavy atom. The molecule has 0 saturated carbocycles. The van der Waals surface area contributed by atoms with Gasteiger partial charge in [0.1, 0.15) is 17.7 Å². The third-order valence-electron chi connectivity index (χ3n) is 3.84. The predicted octanol–water partition coefficient (Wildman–Crippen LogP) is 1.86. The number of aromatic nitrogens is 1. The summed E-state index contributed by atoms with van der Waals surface area (Å²) in [5.74, 6) is 5.18. The zero-order valence-corrected chi connectivity index (χ0v) is 17.5. The zero-order valence-electron chi connectivity index (χ0n) is 15.8. The molecule has 8 nitrogen and oxygen atoms in total. The molecule has 0 aliphatic rings. The molecular formula is C19H22ClN3O5S. The van der Waals surface area contributed by atoms with E-state index in [0.29, 0.717) is 11.3 Å². The normalized spacial score (nSPS) is 12.5. The number of amides is 1. The molecule has 0 fully saturated rings. The third kappa shape index (κ3) is 6.44. The molecule has 1 amide bonds. The van der Waals surface area contributed by atoms with Crippen LogP contribution in [0, 0.1) is 11.8 Å². The van der Waals surface area contributed by atoms with Gasteiger partial charge in [0.15, 0.2) is 9.84 Å². The first-order valence-electron chi connectivity index (χ1n) is 8.36. The number of carbonyl (C=O) groups is 1. The first-order chi connectivity index (χ1) is 13.4. The Bertz CT molecular complexity index is 957. The summed E-state index contributed by atoms with van der Waals surface area (Å²) in [7, 11) is -3.93. The van der Waals surface area contributed by atoms with Crippen LogP contribution in [-0.4, -0.2) is 37.2 Å². The van der Waals surface area contributed by atoms with Gasteiger partial charge in [0.2, 0.25) is 0 Å². The standard InChI is InChI=1S/C19H21N3O5S.ClH/c1-3-4-12-27-16-7-9-17(10-8-16)28(25,26)19(15-6-5-11-20-13-15)21-14(2)18(23)22-24;/h5-11,13-14,19,21,24H,12H2,1-2H3,(H,22,23);1H. The first-order valence-corrected chi connectivity index (χ1v) is 9.91. The van der Waals surface area contributed by atoms with E-state index in [0.717, 1.165) is 0 Å². The summed E-state index contributed by atoms with van der Waals surface area (Å²) in [6.45, 7) is 3.34. The van der Waals surface area contributed by atoms with Crippen molar-refractivity contribution in [2.45, 2.75) is 30.2 Å². The Morgan fingerprint density at radius 2 is 1.97 bits per heavy atom. The van der Waals surface area contributed by atoms with Crippen LogP contribution in [-0.2, 0) is 14.6 Å². The molecule has 2 unspecified atom stereocenters. The van der Waals surface area contributed by atoms with E-state index < -0.39 is 27.2 Å². The molecule has 0 aliphatic heterocycles. The molecule has 3 N–H and O–H groups in total. The fourth-order valence-corrected chi connectivity index (χ4v) is 4.02. The summed E-state index contributed by atoms with van der Waals surface area (Å²) in [6, 6.07) is 8.13. The number of nitrogens with zero attached hydrogens (tertiary/aromatic N) is 1. The lowest BCUT2D eigenvalue weighted by molar-refractivity contribution is -0.131. The Morgan fingerprint density at radius 1 is 1.28 bits per heavy atom. The molecule has 0 saturated heterocycles. The van der Waals surface area contributed by atoms with E-state index in [1.54, 1.807) is 19.1 Å². The van der Waals surface area contributed by atoms with Gasteiger partial charge in [-0.25, -0.2) is 13.9 Å². The minimum Gasteiger partial charge on any atom is -0.481 e. The summed E-state index contributed by atoms with van der Waals surface area (Å²) >= 11 is 0. The van der Waals surface area contributed by atoms with Crippen LogP contribution in [0.3, 0.4) is 0 Å². The second-order valence-electron chi connectivity index (χ2n) is 5.76. The van der Waals surface area contributed by atoms with Gasteiger partial charge in [0.25, 0.3) is 5.91 Å². The lowest BCUT2D eigenvalue weighted by Gasteiger charge is -2.22. The number of nitrogens with one attached hydrogen (secondary N) is 2. The lowest BCUT2D eigenvalue weighted by Crippen LogP contribution is -2.44. The largest absolute Gasteiger partial charge is 0.481 e. The topological polar surface area (TPSA) is 118 Å². The van der Waals surface area contributed by atoms with Gasteiger partial charge >= 0.3 is 0 Å². The molecule has 29 heavy (non-hydrogen) atoms. The number of pyridine rings is 1. The Kier molecular flexibility index (Phi) is 9.58. The highest BCUT2D eigenvalue weighted by Crippen LogP contribution is 2.28. The second-order valence-corrected chi connectivity index (χ2v) is 7.80.